The molecule has 92 valence electrons. The Morgan fingerprint density at radius 2 is 2.11 bits per heavy atom. The van der Waals surface area contributed by atoms with E-state index in [2.05, 4.69) is 6.08 Å². The van der Waals surface area contributed by atoms with Gasteiger partial charge in [0.25, 0.3) is 0 Å². The topological polar surface area (TPSA) is 35.5 Å². The first-order valence-corrected chi connectivity index (χ1v) is 6.10. The summed E-state index contributed by atoms with van der Waals surface area (Å²) in [4.78, 5) is 12.1. The first-order valence-electron chi connectivity index (χ1n) is 6.10. The average Bonchev–Trinajstić information content (AvgIpc) is 2.87. The van der Waals surface area contributed by atoms with Crippen LogP contribution in [0.15, 0.2) is 42.0 Å². The fourth-order valence-corrected chi connectivity index (χ4v) is 2.18. The highest BCUT2D eigenvalue weighted by Gasteiger charge is 2.16. The molecule has 18 heavy (non-hydrogen) atoms. The van der Waals surface area contributed by atoms with Crippen molar-refractivity contribution in [3.8, 4) is 11.5 Å². The summed E-state index contributed by atoms with van der Waals surface area (Å²) in [5.41, 5.74) is 1.88. The summed E-state index contributed by atoms with van der Waals surface area (Å²) in [6, 6.07) is 5.67. The van der Waals surface area contributed by atoms with Crippen LogP contribution in [-0.4, -0.2) is 12.6 Å². The molecule has 1 heterocycles. The number of ether oxygens (including phenoxy) is 2. The van der Waals surface area contributed by atoms with E-state index in [1.165, 1.54) is 0 Å². The minimum atomic E-state index is 0.193. The number of carbonyl (C=O) groups is 1. The van der Waals surface area contributed by atoms with Crippen LogP contribution in [0.2, 0.25) is 0 Å². The third kappa shape index (κ3) is 2.16. The van der Waals surface area contributed by atoms with Gasteiger partial charge in [-0.2, -0.15) is 0 Å². The molecule has 2 aliphatic rings. The summed E-state index contributed by atoms with van der Waals surface area (Å²) in [5.74, 6) is 1.68. The summed E-state index contributed by atoms with van der Waals surface area (Å²) in [6.45, 7) is 0.267. The quantitative estimate of drug-likeness (QED) is 0.817. The predicted octanol–water partition coefficient (Wildman–Crippen LogP) is 2.80. The summed E-state index contributed by atoms with van der Waals surface area (Å²) in [5, 5.41) is 0. The SMILES string of the molecule is O=C(Cc1ccc2c(c1)OCO2)C1=CC=CCC1. The molecular formula is C15H14O3. The minimum absolute atomic E-state index is 0.193. The molecule has 0 N–H and O–H groups in total. The van der Waals surface area contributed by atoms with Crippen LogP contribution >= 0.6 is 0 Å². The molecular weight excluding hydrogens is 228 g/mol. The minimum Gasteiger partial charge on any atom is -0.454 e. The van der Waals surface area contributed by atoms with Crippen molar-refractivity contribution in [1.82, 2.24) is 0 Å². The molecule has 3 rings (SSSR count). The third-order valence-electron chi connectivity index (χ3n) is 3.17. The number of hydrogen-bond donors (Lipinski definition) is 0. The van der Waals surface area contributed by atoms with Crippen LogP contribution in [0.3, 0.4) is 0 Å². The van der Waals surface area contributed by atoms with Gasteiger partial charge in [-0.15, -0.1) is 0 Å². The van der Waals surface area contributed by atoms with Gasteiger partial charge in [-0.3, -0.25) is 4.79 Å². The van der Waals surface area contributed by atoms with E-state index in [1.54, 1.807) is 0 Å². The second kappa shape index (κ2) is 4.69. The van der Waals surface area contributed by atoms with E-state index in [0.29, 0.717) is 6.42 Å². The summed E-state index contributed by atoms with van der Waals surface area (Å²) >= 11 is 0. The fraction of sp³-hybridized carbons (Fsp3) is 0.267. The Balaban J connectivity index is 1.74. The maximum atomic E-state index is 12.1. The van der Waals surface area contributed by atoms with Crippen LogP contribution in [0.1, 0.15) is 18.4 Å². The van der Waals surface area contributed by atoms with Gasteiger partial charge in [0.2, 0.25) is 6.79 Å². The maximum Gasteiger partial charge on any atom is 0.231 e. The van der Waals surface area contributed by atoms with Gasteiger partial charge in [0.05, 0.1) is 0 Å². The van der Waals surface area contributed by atoms with Crippen LogP contribution in [0.4, 0.5) is 0 Å². The first kappa shape index (κ1) is 11.1. The van der Waals surface area contributed by atoms with E-state index in [-0.39, 0.29) is 12.6 Å². The standard InChI is InChI=1S/C15H14O3/c16-13(12-4-2-1-3-5-12)8-11-6-7-14-15(9-11)18-10-17-14/h1-2,4,6-7,9H,3,5,8,10H2. The van der Waals surface area contributed by atoms with Crippen LogP contribution in [0.25, 0.3) is 0 Å². The normalized spacial score (nSPS) is 16.6. The van der Waals surface area contributed by atoms with Crippen molar-refractivity contribution in [2.75, 3.05) is 6.79 Å². The zero-order valence-electron chi connectivity index (χ0n) is 10.0. The molecule has 3 heteroatoms. The number of benzene rings is 1. The van der Waals surface area contributed by atoms with Crippen molar-refractivity contribution in [3.63, 3.8) is 0 Å². The number of ketones is 1. The molecule has 0 unspecified atom stereocenters. The molecule has 0 saturated heterocycles. The van der Waals surface area contributed by atoms with Gasteiger partial charge in [0.15, 0.2) is 17.3 Å². The zero-order valence-corrected chi connectivity index (χ0v) is 10.0. The molecule has 0 amide bonds. The number of Topliss-reactive ketones (excluding diaryl/α,β-unsaturated/α-hetero) is 1. The van der Waals surface area contributed by atoms with Crippen LogP contribution < -0.4 is 9.47 Å². The second-order valence-corrected chi connectivity index (χ2v) is 4.45. The van der Waals surface area contributed by atoms with Crippen molar-refractivity contribution in [3.05, 3.63) is 47.6 Å². The molecule has 0 spiro atoms. The zero-order chi connectivity index (χ0) is 12.4. The highest BCUT2D eigenvalue weighted by molar-refractivity contribution is 5.97. The molecule has 0 bridgehead atoms. The van der Waals surface area contributed by atoms with Crippen molar-refractivity contribution < 1.29 is 14.3 Å². The molecule has 1 aliphatic heterocycles. The number of hydrogen-bond acceptors (Lipinski definition) is 3. The summed E-state index contributed by atoms with van der Waals surface area (Å²) < 4.78 is 10.6. The Kier molecular flexibility index (Phi) is 2.89. The molecule has 0 radical (unpaired) electrons. The van der Waals surface area contributed by atoms with Crippen molar-refractivity contribution >= 4 is 5.78 Å². The molecule has 1 aromatic carbocycles. The maximum absolute atomic E-state index is 12.1. The lowest BCUT2D eigenvalue weighted by Crippen LogP contribution is -2.07. The number of allylic oxidation sites excluding steroid dienone is 4. The lowest BCUT2D eigenvalue weighted by Gasteiger charge is -2.08. The smallest absolute Gasteiger partial charge is 0.231 e. The van der Waals surface area contributed by atoms with Gasteiger partial charge in [0.1, 0.15) is 0 Å². The number of fused-ring (bicyclic) bond motifs is 1. The Morgan fingerprint density at radius 1 is 1.22 bits per heavy atom. The Hall–Kier alpha value is -2.03. The number of rotatable bonds is 3. The molecule has 0 aromatic heterocycles. The van der Waals surface area contributed by atoms with E-state index < -0.39 is 0 Å². The van der Waals surface area contributed by atoms with Crippen molar-refractivity contribution in [2.45, 2.75) is 19.3 Å². The molecule has 0 atom stereocenters. The molecule has 0 saturated carbocycles. The summed E-state index contributed by atoms with van der Waals surface area (Å²) in [6.07, 6.45) is 8.18. The largest absolute Gasteiger partial charge is 0.454 e. The van der Waals surface area contributed by atoms with Gasteiger partial charge in [-0.1, -0.05) is 24.3 Å². The lowest BCUT2D eigenvalue weighted by atomic mass is 9.96. The average molecular weight is 242 g/mol. The van der Waals surface area contributed by atoms with Crippen molar-refractivity contribution in [1.29, 1.82) is 0 Å². The van der Waals surface area contributed by atoms with Crippen LogP contribution in [0, 0.1) is 0 Å². The van der Waals surface area contributed by atoms with Gasteiger partial charge in [-0.05, 0) is 36.1 Å². The second-order valence-electron chi connectivity index (χ2n) is 4.45. The summed E-state index contributed by atoms with van der Waals surface area (Å²) in [7, 11) is 0. The van der Waals surface area contributed by atoms with E-state index in [4.69, 9.17) is 9.47 Å². The fourth-order valence-electron chi connectivity index (χ4n) is 2.18. The highest BCUT2D eigenvalue weighted by atomic mass is 16.7. The van der Waals surface area contributed by atoms with Crippen molar-refractivity contribution in [2.24, 2.45) is 0 Å². The predicted molar refractivity (Wildman–Crippen MR) is 67.7 cm³/mol. The van der Waals surface area contributed by atoms with Gasteiger partial charge >= 0.3 is 0 Å². The van der Waals surface area contributed by atoms with E-state index in [9.17, 15) is 4.79 Å². The first-order chi connectivity index (χ1) is 8.83. The van der Waals surface area contributed by atoms with E-state index >= 15 is 0 Å². The Morgan fingerprint density at radius 3 is 2.94 bits per heavy atom. The van der Waals surface area contributed by atoms with Gasteiger partial charge in [0, 0.05) is 6.42 Å². The van der Waals surface area contributed by atoms with Crippen LogP contribution in [-0.2, 0) is 11.2 Å². The monoisotopic (exact) mass is 242 g/mol. The molecule has 3 nitrogen and oxygen atoms in total. The van der Waals surface area contributed by atoms with Gasteiger partial charge in [-0.25, -0.2) is 0 Å². The molecule has 1 aliphatic carbocycles. The molecule has 0 fully saturated rings. The number of carbonyl (C=O) groups excluding carboxylic acids is 1. The lowest BCUT2D eigenvalue weighted by molar-refractivity contribution is -0.115. The van der Waals surface area contributed by atoms with E-state index in [1.807, 2.05) is 30.4 Å². The molecule has 1 aromatic rings. The van der Waals surface area contributed by atoms with Crippen LogP contribution in [0.5, 0.6) is 11.5 Å². The third-order valence-corrected chi connectivity index (χ3v) is 3.17. The Bertz CT molecular complexity index is 541. The highest BCUT2D eigenvalue weighted by Crippen LogP contribution is 2.32. The van der Waals surface area contributed by atoms with Gasteiger partial charge < -0.3 is 9.47 Å². The Labute approximate surface area is 106 Å². The van der Waals surface area contributed by atoms with E-state index in [0.717, 1.165) is 35.5 Å².